The van der Waals surface area contributed by atoms with E-state index in [1.165, 1.54) is 4.90 Å². The van der Waals surface area contributed by atoms with E-state index in [1.54, 1.807) is 6.08 Å². The fourth-order valence-corrected chi connectivity index (χ4v) is 3.36. The molecule has 0 saturated carbocycles. The number of benzene rings is 1. The maximum atomic E-state index is 13.0. The van der Waals surface area contributed by atoms with Crippen LogP contribution in [-0.4, -0.2) is 50.0 Å². The van der Waals surface area contributed by atoms with Crippen LogP contribution in [0.4, 0.5) is 9.18 Å². The van der Waals surface area contributed by atoms with Gasteiger partial charge in [-0.15, -0.1) is 0 Å². The van der Waals surface area contributed by atoms with Gasteiger partial charge in [-0.2, -0.15) is 0 Å². The molecule has 1 aromatic rings. The third kappa shape index (κ3) is 5.53. The second-order valence-electron chi connectivity index (χ2n) is 5.67. The lowest BCUT2D eigenvalue weighted by Crippen LogP contribution is -2.49. The highest BCUT2D eigenvalue weighted by Crippen LogP contribution is 2.19. The molecule has 0 spiro atoms. The van der Waals surface area contributed by atoms with Crippen LogP contribution in [0.5, 0.6) is 5.75 Å². The fourth-order valence-electron chi connectivity index (χ4n) is 2.26. The number of nitrogens with one attached hydrogen (secondary N) is 2. The number of hydrogen-bond donors (Lipinski definition) is 3. The van der Waals surface area contributed by atoms with Gasteiger partial charge in [-0.25, -0.2) is 22.3 Å². The molecular weight excluding hydrogens is 365 g/mol. The van der Waals surface area contributed by atoms with Gasteiger partial charge >= 0.3 is 6.03 Å². The number of sulfonamides is 1. The van der Waals surface area contributed by atoms with Gasteiger partial charge in [-0.05, 0) is 25.0 Å². The molecule has 0 bridgehead atoms. The van der Waals surface area contributed by atoms with Crippen molar-refractivity contribution in [3.63, 3.8) is 0 Å². The predicted molar refractivity (Wildman–Crippen MR) is 91.4 cm³/mol. The number of aromatic hydroxyl groups is 1. The summed E-state index contributed by atoms with van der Waals surface area (Å²) in [6.45, 7) is 0.919. The van der Waals surface area contributed by atoms with Crippen molar-refractivity contribution >= 4 is 22.0 Å². The highest BCUT2D eigenvalue weighted by atomic mass is 32.2. The number of unbranched alkanes of at least 4 members (excludes halogenated alkanes) is 1. The minimum absolute atomic E-state index is 0.170. The molecule has 1 aliphatic heterocycles. The molecule has 0 aliphatic carbocycles. The van der Waals surface area contributed by atoms with Gasteiger partial charge in [0, 0.05) is 32.1 Å². The Morgan fingerprint density at radius 3 is 2.77 bits per heavy atom. The lowest BCUT2D eigenvalue weighted by atomic mass is 10.2. The first kappa shape index (κ1) is 19.9. The highest BCUT2D eigenvalue weighted by molar-refractivity contribution is 7.89. The van der Waals surface area contributed by atoms with E-state index in [-0.39, 0.29) is 23.8 Å². The van der Waals surface area contributed by atoms with Crippen molar-refractivity contribution in [3.05, 3.63) is 36.2 Å². The Morgan fingerprint density at radius 1 is 1.31 bits per heavy atom. The lowest BCUT2D eigenvalue weighted by molar-refractivity contribution is -0.121. The van der Waals surface area contributed by atoms with Gasteiger partial charge in [0.2, 0.25) is 15.9 Å². The van der Waals surface area contributed by atoms with Crippen molar-refractivity contribution in [2.75, 3.05) is 19.6 Å². The average Bonchev–Trinajstić information content (AvgIpc) is 2.58. The fraction of sp³-hybridized carbons (Fsp3) is 0.375. The van der Waals surface area contributed by atoms with Crippen molar-refractivity contribution in [2.24, 2.45) is 0 Å². The zero-order chi connectivity index (χ0) is 19.2. The largest absolute Gasteiger partial charge is 0.505 e. The molecule has 10 heteroatoms. The van der Waals surface area contributed by atoms with E-state index >= 15 is 0 Å². The molecule has 0 unspecified atom stereocenters. The Kier molecular flexibility index (Phi) is 6.70. The first-order valence-corrected chi connectivity index (χ1v) is 9.50. The van der Waals surface area contributed by atoms with Crippen LogP contribution >= 0.6 is 0 Å². The van der Waals surface area contributed by atoms with Crippen LogP contribution in [0.15, 0.2) is 35.2 Å². The van der Waals surface area contributed by atoms with Gasteiger partial charge in [0.15, 0.2) is 11.6 Å². The molecule has 1 aliphatic rings. The molecule has 1 saturated heterocycles. The summed E-state index contributed by atoms with van der Waals surface area (Å²) in [5.41, 5.74) is 0. The molecule has 0 atom stereocenters. The summed E-state index contributed by atoms with van der Waals surface area (Å²) in [4.78, 5) is 23.8. The number of urea groups is 1. The van der Waals surface area contributed by atoms with Crippen molar-refractivity contribution in [1.82, 2.24) is 14.9 Å². The molecule has 1 fully saturated rings. The summed E-state index contributed by atoms with van der Waals surface area (Å²) in [6.07, 6.45) is 4.99. The summed E-state index contributed by atoms with van der Waals surface area (Å²) < 4.78 is 39.4. The van der Waals surface area contributed by atoms with Gasteiger partial charge < -0.3 is 10.0 Å². The first-order valence-electron chi connectivity index (χ1n) is 8.01. The summed E-state index contributed by atoms with van der Waals surface area (Å²) in [7, 11) is -3.82. The molecular formula is C16H20FN3O5S. The zero-order valence-corrected chi connectivity index (χ0v) is 14.8. The second-order valence-corrected chi connectivity index (χ2v) is 7.44. The Morgan fingerprint density at radius 2 is 2.08 bits per heavy atom. The van der Waals surface area contributed by atoms with Crippen LogP contribution in [0.3, 0.4) is 0 Å². The monoisotopic (exact) mass is 385 g/mol. The molecule has 2 rings (SSSR count). The van der Waals surface area contributed by atoms with E-state index in [9.17, 15) is 27.5 Å². The van der Waals surface area contributed by atoms with E-state index in [1.807, 2.05) is 6.08 Å². The van der Waals surface area contributed by atoms with Gasteiger partial charge in [0.05, 0.1) is 4.90 Å². The number of halogens is 1. The van der Waals surface area contributed by atoms with Gasteiger partial charge in [-0.1, -0.05) is 12.2 Å². The van der Waals surface area contributed by atoms with Crippen LogP contribution in [-0.2, 0) is 14.8 Å². The topological polar surface area (TPSA) is 116 Å². The summed E-state index contributed by atoms with van der Waals surface area (Å²) >= 11 is 0. The number of nitrogens with zero attached hydrogens (tertiary/aromatic N) is 1. The van der Waals surface area contributed by atoms with Crippen molar-refractivity contribution in [2.45, 2.75) is 24.2 Å². The SMILES string of the molecule is O=C1CCN(C/C=C/CCCNS(=O)(=O)c2ccc(F)c(O)c2)C(=O)N1. The van der Waals surface area contributed by atoms with E-state index in [2.05, 4.69) is 10.0 Å². The summed E-state index contributed by atoms with van der Waals surface area (Å²) in [5, 5.41) is 11.5. The molecule has 8 nitrogen and oxygen atoms in total. The number of allylic oxidation sites excluding steroid dienone is 1. The number of imide groups is 1. The number of phenolic OH excluding ortho intramolecular Hbond substituents is 1. The molecule has 1 aromatic carbocycles. The third-order valence-corrected chi connectivity index (χ3v) is 5.16. The highest BCUT2D eigenvalue weighted by Gasteiger charge is 2.21. The van der Waals surface area contributed by atoms with Crippen molar-refractivity contribution < 1.29 is 27.5 Å². The van der Waals surface area contributed by atoms with E-state index in [4.69, 9.17) is 0 Å². The van der Waals surface area contributed by atoms with Gasteiger partial charge in [0.25, 0.3) is 0 Å². The molecule has 3 amide bonds. The average molecular weight is 385 g/mol. The Hall–Kier alpha value is -2.46. The van der Waals surface area contributed by atoms with Crippen LogP contribution in [0.1, 0.15) is 19.3 Å². The standard InChI is InChI=1S/C16H20FN3O5S/c17-13-6-5-12(11-14(13)21)26(24,25)18-8-3-1-2-4-9-20-10-7-15(22)19-16(20)23/h2,4-6,11,18,21H,1,3,7-10H2,(H,19,22,23)/b4-2+. The van der Waals surface area contributed by atoms with Crippen LogP contribution in [0.25, 0.3) is 0 Å². The molecule has 142 valence electrons. The molecule has 26 heavy (non-hydrogen) atoms. The second kappa shape index (κ2) is 8.77. The molecule has 1 heterocycles. The van der Waals surface area contributed by atoms with Crippen LogP contribution in [0.2, 0.25) is 0 Å². The molecule has 0 aromatic heterocycles. The van der Waals surface area contributed by atoms with Gasteiger partial charge in [0.1, 0.15) is 0 Å². The van der Waals surface area contributed by atoms with Crippen LogP contribution in [0, 0.1) is 5.82 Å². The normalized spacial score (nSPS) is 15.5. The summed E-state index contributed by atoms with van der Waals surface area (Å²) in [6, 6.07) is 2.40. The Balaban J connectivity index is 1.70. The number of amides is 3. The number of rotatable bonds is 8. The maximum Gasteiger partial charge on any atom is 0.324 e. The van der Waals surface area contributed by atoms with E-state index in [0.29, 0.717) is 25.9 Å². The minimum atomic E-state index is -3.82. The Labute approximate surface area is 150 Å². The number of phenols is 1. The third-order valence-electron chi connectivity index (χ3n) is 3.70. The predicted octanol–water partition coefficient (Wildman–Crippen LogP) is 1.09. The summed E-state index contributed by atoms with van der Waals surface area (Å²) in [5.74, 6) is -1.89. The van der Waals surface area contributed by atoms with E-state index < -0.39 is 27.6 Å². The smallest absolute Gasteiger partial charge is 0.324 e. The quantitative estimate of drug-likeness (QED) is 0.458. The molecule has 3 N–H and O–H groups in total. The van der Waals surface area contributed by atoms with Gasteiger partial charge in [-0.3, -0.25) is 10.1 Å². The van der Waals surface area contributed by atoms with E-state index in [0.717, 1.165) is 18.2 Å². The van der Waals surface area contributed by atoms with Crippen LogP contribution < -0.4 is 10.0 Å². The maximum absolute atomic E-state index is 13.0. The van der Waals surface area contributed by atoms with Crippen molar-refractivity contribution in [3.8, 4) is 5.75 Å². The number of hydrogen-bond acceptors (Lipinski definition) is 5. The first-order chi connectivity index (χ1) is 12.3. The zero-order valence-electron chi connectivity index (χ0n) is 13.9. The number of carbonyl (C=O) groups excluding carboxylic acids is 2. The van der Waals surface area contributed by atoms with Crippen molar-refractivity contribution in [1.29, 1.82) is 0 Å². The number of carbonyl (C=O) groups is 2. The lowest BCUT2D eigenvalue weighted by Gasteiger charge is -2.25. The Bertz CT molecular complexity index is 810. The minimum Gasteiger partial charge on any atom is -0.505 e. The molecule has 0 radical (unpaired) electrons.